The van der Waals surface area contributed by atoms with Crippen LogP contribution in [0.25, 0.3) is 0 Å². The molecule has 5 amide bonds. The molecule has 0 radical (unpaired) electrons. The van der Waals surface area contributed by atoms with Crippen LogP contribution < -0.4 is 30.9 Å². The quantitative estimate of drug-likeness (QED) is 0.127. The fraction of sp³-hybridized carbons (Fsp3) is 0.386. The number of piperazine rings is 1. The zero-order chi connectivity index (χ0) is 43.7. The first kappa shape index (κ1) is 42.8. The van der Waals surface area contributed by atoms with Gasteiger partial charge in [-0.25, -0.2) is 4.98 Å². The number of carbonyl (C=O) groups is 5. The summed E-state index contributed by atoms with van der Waals surface area (Å²) in [6, 6.07) is 17.8. The lowest BCUT2D eigenvalue weighted by Crippen LogP contribution is -2.54. The molecule has 0 saturated carbocycles. The summed E-state index contributed by atoms with van der Waals surface area (Å²) in [5.41, 5.74) is 3.45. The first-order valence-electron chi connectivity index (χ1n) is 20.8. The summed E-state index contributed by atoms with van der Waals surface area (Å²) >= 11 is 6.47. The summed E-state index contributed by atoms with van der Waals surface area (Å²) in [5.74, 6) is -0.876. The fourth-order valence-corrected chi connectivity index (χ4v) is 10.1. The molecule has 0 spiro atoms. The molecule has 3 fully saturated rings. The van der Waals surface area contributed by atoms with Crippen LogP contribution in [0, 0.1) is 0 Å². The van der Waals surface area contributed by atoms with Crippen LogP contribution in [0.15, 0.2) is 66.9 Å². The van der Waals surface area contributed by atoms with Gasteiger partial charge in [0.25, 0.3) is 11.8 Å². The number of rotatable bonds is 12. The van der Waals surface area contributed by atoms with Crippen molar-refractivity contribution in [1.82, 2.24) is 30.0 Å². The monoisotopic (exact) mass is 881 g/mol. The van der Waals surface area contributed by atoms with Gasteiger partial charge in [0.15, 0.2) is 5.82 Å². The highest BCUT2D eigenvalue weighted by Crippen LogP contribution is 2.39. The van der Waals surface area contributed by atoms with Gasteiger partial charge in [0.2, 0.25) is 23.7 Å². The number of amides is 5. The van der Waals surface area contributed by atoms with Crippen molar-refractivity contribution < 1.29 is 33.3 Å². The molecule has 4 aliphatic rings. The average molecular weight is 882 g/mol. The molecule has 62 heavy (non-hydrogen) atoms. The van der Waals surface area contributed by atoms with Crippen LogP contribution in [0.4, 0.5) is 28.8 Å². The Bertz CT molecular complexity index is 2480. The first-order valence-corrected chi connectivity index (χ1v) is 23.8. The molecule has 0 bridgehead atoms. The number of piperidine rings is 2. The van der Waals surface area contributed by atoms with Crippen molar-refractivity contribution in [1.29, 1.82) is 0 Å². The van der Waals surface area contributed by atoms with Gasteiger partial charge in [-0.1, -0.05) is 35.9 Å². The highest BCUT2D eigenvalue weighted by molar-refractivity contribution is 7.70. The van der Waals surface area contributed by atoms with Crippen LogP contribution in [0.3, 0.4) is 0 Å². The van der Waals surface area contributed by atoms with Crippen LogP contribution in [-0.2, 0) is 25.4 Å². The van der Waals surface area contributed by atoms with E-state index in [1.54, 1.807) is 38.6 Å². The molecule has 8 rings (SSSR count). The molecule has 16 nitrogen and oxygen atoms in total. The van der Waals surface area contributed by atoms with E-state index in [1.165, 1.54) is 6.20 Å². The number of carbonyl (C=O) groups excluding carboxylic acids is 5. The van der Waals surface area contributed by atoms with Crippen LogP contribution in [-0.4, -0.2) is 126 Å². The van der Waals surface area contributed by atoms with Crippen molar-refractivity contribution in [3.8, 4) is 5.75 Å². The topological polar surface area (TPSA) is 186 Å². The molecule has 3 aromatic carbocycles. The molecule has 18 heteroatoms. The Balaban J connectivity index is 0.820. The van der Waals surface area contributed by atoms with Gasteiger partial charge in [0.1, 0.15) is 24.0 Å². The minimum absolute atomic E-state index is 0.00528. The Labute approximate surface area is 364 Å². The number of benzene rings is 3. The molecule has 1 atom stereocenters. The number of ether oxygens (including phenoxy) is 1. The van der Waals surface area contributed by atoms with Gasteiger partial charge in [-0.2, -0.15) is 4.98 Å². The van der Waals surface area contributed by atoms with E-state index in [0.717, 1.165) is 49.6 Å². The van der Waals surface area contributed by atoms with Crippen molar-refractivity contribution in [2.24, 2.45) is 0 Å². The normalized spacial score (nSPS) is 18.8. The van der Waals surface area contributed by atoms with Gasteiger partial charge in [-0.05, 0) is 74.9 Å². The molecule has 324 valence electrons. The van der Waals surface area contributed by atoms with E-state index >= 15 is 0 Å². The Morgan fingerprint density at radius 2 is 1.66 bits per heavy atom. The van der Waals surface area contributed by atoms with Crippen LogP contribution in [0.5, 0.6) is 5.75 Å². The highest BCUT2D eigenvalue weighted by Gasteiger charge is 2.45. The lowest BCUT2D eigenvalue weighted by Gasteiger charge is -2.43. The predicted octanol–water partition coefficient (Wildman–Crippen LogP) is 5.02. The Morgan fingerprint density at radius 3 is 2.39 bits per heavy atom. The zero-order valence-corrected chi connectivity index (χ0v) is 36.5. The second-order valence-electron chi connectivity index (χ2n) is 16.3. The summed E-state index contributed by atoms with van der Waals surface area (Å²) in [5, 5.41) is 9.73. The third-order valence-electron chi connectivity index (χ3n) is 12.1. The Hall–Kier alpha value is -5.83. The van der Waals surface area contributed by atoms with E-state index in [-0.39, 0.29) is 42.7 Å². The minimum atomic E-state index is -2.57. The fourth-order valence-electron chi connectivity index (χ4n) is 8.81. The van der Waals surface area contributed by atoms with Gasteiger partial charge in [-0.15, -0.1) is 0 Å². The van der Waals surface area contributed by atoms with Gasteiger partial charge in [0, 0.05) is 75.2 Å². The number of imide groups is 2. The predicted molar refractivity (Wildman–Crippen MR) is 237 cm³/mol. The lowest BCUT2D eigenvalue weighted by molar-refractivity contribution is -0.136. The third kappa shape index (κ3) is 8.90. The highest BCUT2D eigenvalue weighted by atomic mass is 35.5. The van der Waals surface area contributed by atoms with Crippen LogP contribution >= 0.6 is 18.7 Å². The molecular weight excluding hydrogens is 833 g/mol. The SMILES string of the molecule is COc1cc(N2CCC(N3CCN(C(=O)CCc4cccc5c4C(=O)N(C4CCC(=O)NC4=O)C5=O)CC3)CC2)ccc1Nc1ncc(Cl)c(Nc2ccccc2P(C)(C)=O)n1. The maximum absolute atomic E-state index is 13.5. The zero-order valence-electron chi connectivity index (χ0n) is 34.9. The minimum Gasteiger partial charge on any atom is -0.494 e. The third-order valence-corrected chi connectivity index (χ3v) is 13.9. The van der Waals surface area contributed by atoms with Crippen molar-refractivity contribution in [2.75, 3.05) is 75.2 Å². The molecule has 5 heterocycles. The summed E-state index contributed by atoms with van der Waals surface area (Å²) in [4.78, 5) is 81.0. The van der Waals surface area contributed by atoms with Crippen LogP contribution in [0.1, 0.15) is 58.4 Å². The maximum atomic E-state index is 13.5. The second kappa shape index (κ2) is 17.9. The van der Waals surface area contributed by atoms with Crippen molar-refractivity contribution in [3.05, 3.63) is 88.6 Å². The van der Waals surface area contributed by atoms with Gasteiger partial charge in [0.05, 0.1) is 35.8 Å². The average Bonchev–Trinajstić information content (AvgIpc) is 3.52. The number of methoxy groups -OCH3 is 1. The van der Waals surface area contributed by atoms with Crippen LogP contribution in [0.2, 0.25) is 5.02 Å². The van der Waals surface area contributed by atoms with E-state index in [2.05, 4.69) is 35.7 Å². The van der Waals surface area contributed by atoms with Crippen molar-refractivity contribution >= 4 is 82.4 Å². The van der Waals surface area contributed by atoms with E-state index in [4.69, 9.17) is 16.3 Å². The van der Waals surface area contributed by atoms with Crippen molar-refractivity contribution in [3.63, 3.8) is 0 Å². The van der Waals surface area contributed by atoms with E-state index in [1.807, 2.05) is 47.4 Å². The second-order valence-corrected chi connectivity index (χ2v) is 19.9. The number of fused-ring (bicyclic) bond motifs is 1. The number of anilines is 5. The van der Waals surface area contributed by atoms with Gasteiger partial charge in [-0.3, -0.25) is 39.1 Å². The first-order chi connectivity index (χ1) is 29.8. The van der Waals surface area contributed by atoms with E-state index in [0.29, 0.717) is 63.9 Å². The number of aryl methyl sites for hydroxylation is 1. The smallest absolute Gasteiger partial charge is 0.262 e. The number of hydrogen-bond donors (Lipinski definition) is 3. The molecule has 3 saturated heterocycles. The number of hydrogen-bond acceptors (Lipinski definition) is 13. The molecule has 1 aromatic heterocycles. The van der Waals surface area contributed by atoms with E-state index < -0.39 is 36.8 Å². The lowest BCUT2D eigenvalue weighted by atomic mass is 9.98. The summed E-state index contributed by atoms with van der Waals surface area (Å²) in [7, 11) is -0.946. The number of nitrogens with one attached hydrogen (secondary N) is 3. The largest absolute Gasteiger partial charge is 0.494 e. The number of aromatic nitrogens is 2. The Morgan fingerprint density at radius 1 is 0.903 bits per heavy atom. The molecule has 4 aromatic rings. The van der Waals surface area contributed by atoms with Gasteiger partial charge < -0.3 is 29.7 Å². The Kier molecular flexibility index (Phi) is 12.4. The number of nitrogens with zero attached hydrogens (tertiary/aromatic N) is 6. The molecule has 4 aliphatic heterocycles. The summed E-state index contributed by atoms with van der Waals surface area (Å²) < 4.78 is 18.7. The molecular formula is C44H49ClN9O7P. The standard InChI is InChI=1S/C44H49ClN9O7P/c1-61-35-25-29(12-13-32(35)48-44-46-26-31(45)40(50-44)47-33-9-4-5-10-36(33)62(2,3)60)51-19-17-28(18-20-51)52-21-23-53(24-22-52)38(56)16-11-27-7-6-8-30-39(27)43(59)54(42(30)58)34-14-15-37(55)49-41(34)57/h4-10,12-13,25-26,28,34H,11,14-24H2,1-3H3,(H,49,55,57)(H2,46,47,48,50). The molecule has 0 aliphatic carbocycles. The number of para-hydroxylation sites is 1. The summed E-state index contributed by atoms with van der Waals surface area (Å²) in [6.07, 6.45) is 4.07. The summed E-state index contributed by atoms with van der Waals surface area (Å²) in [6.45, 7) is 7.93. The maximum Gasteiger partial charge on any atom is 0.262 e. The van der Waals surface area contributed by atoms with Crippen molar-refractivity contribution in [2.45, 2.75) is 50.6 Å². The molecule has 1 unspecified atom stereocenters. The van der Waals surface area contributed by atoms with E-state index in [9.17, 15) is 28.5 Å². The van der Waals surface area contributed by atoms with Gasteiger partial charge >= 0.3 is 0 Å². The molecule has 3 N–H and O–H groups in total. The number of halogens is 1.